The molecule has 3 rings (SSSR count). The normalized spacial score (nSPS) is 24.8. The zero-order valence-electron chi connectivity index (χ0n) is 17.9. The molecule has 3 aliphatic rings. The summed E-state index contributed by atoms with van der Waals surface area (Å²) in [5.41, 5.74) is 0. The topological polar surface area (TPSA) is 58.6 Å². The Labute approximate surface area is 170 Å². The molecule has 1 aliphatic carbocycles. The lowest BCUT2D eigenvalue weighted by Crippen LogP contribution is -2.49. The molecule has 1 unspecified atom stereocenters. The predicted molar refractivity (Wildman–Crippen MR) is 112 cm³/mol. The molecule has 2 heterocycles. The second kappa shape index (κ2) is 12.0. The van der Waals surface area contributed by atoms with Gasteiger partial charge in [0, 0.05) is 59.5 Å². The maximum Gasteiger partial charge on any atom is 0.193 e. The number of methoxy groups -OCH3 is 1. The zero-order chi connectivity index (χ0) is 19.6. The van der Waals surface area contributed by atoms with Crippen molar-refractivity contribution in [2.75, 3.05) is 66.7 Å². The number of rotatable bonds is 10. The van der Waals surface area contributed by atoms with Crippen molar-refractivity contribution in [1.29, 1.82) is 0 Å². The highest BCUT2D eigenvalue weighted by molar-refractivity contribution is 5.79. The van der Waals surface area contributed by atoms with Crippen LogP contribution in [-0.4, -0.2) is 101 Å². The molecule has 2 saturated heterocycles. The van der Waals surface area contributed by atoms with Crippen LogP contribution in [-0.2, 0) is 14.2 Å². The predicted octanol–water partition coefficient (Wildman–Crippen LogP) is 1.72. The number of hydrogen-bond donors (Lipinski definition) is 1. The number of guanidine groups is 1. The molecule has 0 radical (unpaired) electrons. The molecule has 7 nitrogen and oxygen atoms in total. The van der Waals surface area contributed by atoms with E-state index < -0.39 is 0 Å². The van der Waals surface area contributed by atoms with Crippen molar-refractivity contribution in [2.45, 2.75) is 63.2 Å². The fourth-order valence-electron chi connectivity index (χ4n) is 4.19. The highest BCUT2D eigenvalue weighted by atomic mass is 16.5. The second-order valence-corrected chi connectivity index (χ2v) is 8.24. The van der Waals surface area contributed by atoms with E-state index in [1.54, 1.807) is 7.11 Å². The number of piperidine rings is 1. The van der Waals surface area contributed by atoms with Gasteiger partial charge in [0.2, 0.25) is 0 Å². The van der Waals surface area contributed by atoms with E-state index in [0.717, 1.165) is 83.8 Å². The molecule has 1 saturated carbocycles. The highest BCUT2D eigenvalue weighted by Crippen LogP contribution is 2.26. The summed E-state index contributed by atoms with van der Waals surface area (Å²) in [5, 5.41) is 3.56. The number of ether oxygens (including phenoxy) is 3. The molecule has 7 heteroatoms. The molecule has 1 N–H and O–H groups in total. The minimum Gasteiger partial charge on any atom is -0.383 e. The number of hydrogen-bond acceptors (Lipinski definition) is 5. The standard InChI is InChI=1S/C21H40N4O3/c1-22-21(23-10-13-24(14-16-26-2)18-6-7-18)25-11-8-19(9-12-25)28-17-20-5-3-4-15-27-20/h18-20H,3-17H2,1-2H3,(H,22,23). The van der Waals surface area contributed by atoms with Gasteiger partial charge in [0.25, 0.3) is 0 Å². The van der Waals surface area contributed by atoms with Crippen LogP contribution in [0.4, 0.5) is 0 Å². The first-order valence-electron chi connectivity index (χ1n) is 11.2. The molecule has 3 fully saturated rings. The van der Waals surface area contributed by atoms with E-state index in [4.69, 9.17) is 14.2 Å². The van der Waals surface area contributed by atoms with Crippen molar-refractivity contribution in [3.63, 3.8) is 0 Å². The molecule has 1 atom stereocenters. The fourth-order valence-corrected chi connectivity index (χ4v) is 4.19. The number of likely N-dealkylation sites (tertiary alicyclic amines) is 1. The van der Waals surface area contributed by atoms with Gasteiger partial charge in [-0.3, -0.25) is 9.89 Å². The maximum atomic E-state index is 6.14. The van der Waals surface area contributed by atoms with Gasteiger partial charge in [-0.1, -0.05) is 0 Å². The molecular formula is C21H40N4O3. The first-order valence-corrected chi connectivity index (χ1v) is 11.2. The van der Waals surface area contributed by atoms with Crippen LogP contribution in [0.5, 0.6) is 0 Å². The molecule has 2 aliphatic heterocycles. The second-order valence-electron chi connectivity index (χ2n) is 8.24. The van der Waals surface area contributed by atoms with Crippen LogP contribution < -0.4 is 5.32 Å². The van der Waals surface area contributed by atoms with Crippen LogP contribution in [0.2, 0.25) is 0 Å². The van der Waals surface area contributed by atoms with Gasteiger partial charge in [0.05, 0.1) is 25.4 Å². The van der Waals surface area contributed by atoms with Crippen molar-refractivity contribution in [2.24, 2.45) is 4.99 Å². The SMILES string of the molecule is CN=C(NCCN(CCOC)C1CC1)N1CCC(OCC2CCCCO2)CC1. The Balaban J connectivity index is 1.31. The van der Waals surface area contributed by atoms with Gasteiger partial charge in [-0.05, 0) is 44.9 Å². The molecule has 0 aromatic heterocycles. The molecule has 28 heavy (non-hydrogen) atoms. The Hall–Kier alpha value is -0.890. The average molecular weight is 397 g/mol. The first kappa shape index (κ1) is 21.8. The van der Waals surface area contributed by atoms with Crippen LogP contribution in [0.25, 0.3) is 0 Å². The van der Waals surface area contributed by atoms with Gasteiger partial charge in [-0.25, -0.2) is 0 Å². The van der Waals surface area contributed by atoms with E-state index in [2.05, 4.69) is 20.1 Å². The number of nitrogens with zero attached hydrogens (tertiary/aromatic N) is 3. The van der Waals surface area contributed by atoms with E-state index in [-0.39, 0.29) is 0 Å². The monoisotopic (exact) mass is 396 g/mol. The zero-order valence-corrected chi connectivity index (χ0v) is 17.9. The van der Waals surface area contributed by atoms with Gasteiger partial charge >= 0.3 is 0 Å². The smallest absolute Gasteiger partial charge is 0.193 e. The van der Waals surface area contributed by atoms with Gasteiger partial charge in [0.15, 0.2) is 5.96 Å². The summed E-state index contributed by atoms with van der Waals surface area (Å²) in [7, 11) is 3.66. The highest BCUT2D eigenvalue weighted by Gasteiger charge is 2.28. The van der Waals surface area contributed by atoms with Gasteiger partial charge in [-0.2, -0.15) is 0 Å². The summed E-state index contributed by atoms with van der Waals surface area (Å²) < 4.78 is 17.2. The van der Waals surface area contributed by atoms with E-state index in [0.29, 0.717) is 12.2 Å². The lowest BCUT2D eigenvalue weighted by Gasteiger charge is -2.35. The summed E-state index contributed by atoms with van der Waals surface area (Å²) in [6.07, 6.45) is 9.09. The van der Waals surface area contributed by atoms with Crippen molar-refractivity contribution >= 4 is 5.96 Å². The Kier molecular flexibility index (Phi) is 9.31. The van der Waals surface area contributed by atoms with E-state index in [1.165, 1.54) is 25.7 Å². The summed E-state index contributed by atoms with van der Waals surface area (Å²) >= 11 is 0. The maximum absolute atomic E-state index is 6.14. The van der Waals surface area contributed by atoms with Gasteiger partial charge in [-0.15, -0.1) is 0 Å². The molecule has 0 amide bonds. The number of aliphatic imine (C=N–C) groups is 1. The van der Waals surface area contributed by atoms with Crippen molar-refractivity contribution in [1.82, 2.24) is 15.1 Å². The van der Waals surface area contributed by atoms with Crippen molar-refractivity contribution < 1.29 is 14.2 Å². The Morgan fingerprint density at radius 1 is 1.14 bits per heavy atom. The lowest BCUT2D eigenvalue weighted by molar-refractivity contribution is -0.0721. The molecule has 162 valence electrons. The Morgan fingerprint density at radius 3 is 2.61 bits per heavy atom. The van der Waals surface area contributed by atoms with Gasteiger partial charge < -0.3 is 24.4 Å². The van der Waals surface area contributed by atoms with Crippen molar-refractivity contribution in [3.8, 4) is 0 Å². The fraction of sp³-hybridized carbons (Fsp3) is 0.952. The third-order valence-electron chi connectivity index (χ3n) is 6.07. The Bertz CT molecular complexity index is 459. The van der Waals surface area contributed by atoms with Crippen LogP contribution >= 0.6 is 0 Å². The molecule has 0 bridgehead atoms. The summed E-state index contributed by atoms with van der Waals surface area (Å²) in [6, 6.07) is 0.764. The third kappa shape index (κ3) is 7.17. The third-order valence-corrected chi connectivity index (χ3v) is 6.07. The molecule has 0 spiro atoms. The Morgan fingerprint density at radius 2 is 1.96 bits per heavy atom. The van der Waals surface area contributed by atoms with Crippen molar-refractivity contribution in [3.05, 3.63) is 0 Å². The van der Waals surface area contributed by atoms with E-state index >= 15 is 0 Å². The van der Waals surface area contributed by atoms with E-state index in [9.17, 15) is 0 Å². The molecule has 0 aromatic rings. The minimum absolute atomic E-state index is 0.314. The average Bonchev–Trinajstić information content (AvgIpc) is 3.58. The largest absolute Gasteiger partial charge is 0.383 e. The number of nitrogens with one attached hydrogen (secondary N) is 1. The summed E-state index contributed by atoms with van der Waals surface area (Å²) in [5.74, 6) is 1.02. The molecular weight excluding hydrogens is 356 g/mol. The van der Waals surface area contributed by atoms with Crippen LogP contribution in [0.1, 0.15) is 44.9 Å². The van der Waals surface area contributed by atoms with E-state index in [1.807, 2.05) is 7.05 Å². The lowest BCUT2D eigenvalue weighted by atomic mass is 10.1. The van der Waals surface area contributed by atoms with Crippen LogP contribution in [0, 0.1) is 0 Å². The quantitative estimate of drug-likeness (QED) is 0.448. The van der Waals surface area contributed by atoms with Crippen LogP contribution in [0.3, 0.4) is 0 Å². The van der Waals surface area contributed by atoms with Gasteiger partial charge in [0.1, 0.15) is 0 Å². The molecule has 0 aromatic carbocycles. The van der Waals surface area contributed by atoms with Crippen LogP contribution in [0.15, 0.2) is 4.99 Å². The first-order chi connectivity index (χ1) is 13.8. The minimum atomic E-state index is 0.314. The summed E-state index contributed by atoms with van der Waals surface area (Å²) in [4.78, 5) is 9.41. The summed E-state index contributed by atoms with van der Waals surface area (Å²) in [6.45, 7) is 7.49.